The predicted molar refractivity (Wildman–Crippen MR) is 175 cm³/mol. The van der Waals surface area contributed by atoms with Crippen LogP contribution in [0.25, 0.3) is 0 Å². The van der Waals surface area contributed by atoms with E-state index in [1.54, 1.807) is 0 Å². The lowest BCUT2D eigenvalue weighted by molar-refractivity contribution is 0.0692. The number of nitrogen functional groups attached to an aromatic ring is 2. The van der Waals surface area contributed by atoms with Crippen LogP contribution in [-0.4, -0.2) is 39.7 Å². The zero-order chi connectivity index (χ0) is 33.9. The van der Waals surface area contributed by atoms with Crippen molar-refractivity contribution in [2.75, 3.05) is 22.1 Å². The third kappa shape index (κ3) is 6.98. The molecule has 5 aromatic carbocycles. The van der Waals surface area contributed by atoms with Gasteiger partial charge in [-0.2, -0.15) is 0 Å². The largest absolute Gasteiger partial charge is 0.478 e. The average Bonchev–Trinajstić information content (AvgIpc) is 3.05. The summed E-state index contributed by atoms with van der Waals surface area (Å²) in [6.07, 6.45) is 0. The lowest BCUT2D eigenvalue weighted by atomic mass is 10.0. The van der Waals surface area contributed by atoms with Gasteiger partial charge in [0.05, 0.1) is 30.7 Å². The van der Waals surface area contributed by atoms with Gasteiger partial charge in [0.2, 0.25) is 19.7 Å². The number of carboxylic acids is 1. The molecule has 0 aliphatic heterocycles. The van der Waals surface area contributed by atoms with Crippen molar-refractivity contribution in [3.8, 4) is 0 Å². The first-order valence-corrected chi connectivity index (χ1v) is 16.6. The minimum atomic E-state index is -3.84. The molecule has 0 saturated heterocycles. The van der Waals surface area contributed by atoms with Gasteiger partial charge in [-0.15, -0.1) is 0 Å². The van der Waals surface area contributed by atoms with Crippen LogP contribution in [-0.2, 0) is 19.7 Å². The van der Waals surface area contributed by atoms with Crippen molar-refractivity contribution >= 4 is 60.2 Å². The van der Waals surface area contributed by atoms with Gasteiger partial charge < -0.3 is 27.2 Å². The van der Waals surface area contributed by atoms with E-state index in [0.717, 1.165) is 6.07 Å². The Labute approximate surface area is 269 Å². The normalized spacial score (nSPS) is 11.4. The van der Waals surface area contributed by atoms with Gasteiger partial charge in [0.15, 0.2) is 0 Å². The van der Waals surface area contributed by atoms with Crippen molar-refractivity contribution in [3.05, 3.63) is 132 Å². The summed E-state index contributed by atoms with van der Waals surface area (Å²) in [6.45, 7) is 0. The Hall–Kier alpha value is -5.99. The van der Waals surface area contributed by atoms with Gasteiger partial charge in [0.1, 0.15) is 0 Å². The highest BCUT2D eigenvalue weighted by molar-refractivity contribution is 7.91. The maximum absolute atomic E-state index is 13.0. The molecule has 5 rings (SSSR count). The average molecular weight is 671 g/mol. The number of benzene rings is 5. The number of carbonyl (C=O) groups excluding carboxylic acids is 2. The first kappa shape index (κ1) is 32.4. The Kier molecular flexibility index (Phi) is 8.81. The molecule has 0 spiro atoms. The zero-order valence-corrected chi connectivity index (χ0v) is 25.9. The summed E-state index contributed by atoms with van der Waals surface area (Å²) >= 11 is 0. The molecule has 7 N–H and O–H groups in total. The van der Waals surface area contributed by atoms with E-state index < -0.39 is 43.0 Å². The van der Waals surface area contributed by atoms with Gasteiger partial charge in [0, 0.05) is 28.3 Å². The lowest BCUT2D eigenvalue weighted by Crippen LogP contribution is -2.19. The van der Waals surface area contributed by atoms with Crippen LogP contribution in [0.1, 0.15) is 31.1 Å². The van der Waals surface area contributed by atoms with Crippen molar-refractivity contribution in [3.63, 3.8) is 0 Å². The van der Waals surface area contributed by atoms with Crippen LogP contribution in [0.3, 0.4) is 0 Å². The lowest BCUT2D eigenvalue weighted by Gasteiger charge is -2.11. The van der Waals surface area contributed by atoms with E-state index in [4.69, 9.17) is 11.5 Å². The molecule has 2 amide bonds. The third-order valence-corrected chi connectivity index (χ3v) is 10.6. The number of carbonyl (C=O) groups is 3. The van der Waals surface area contributed by atoms with Crippen molar-refractivity contribution in [2.45, 2.75) is 19.6 Å². The van der Waals surface area contributed by atoms with E-state index in [2.05, 4.69) is 10.6 Å². The molecule has 0 heterocycles. The monoisotopic (exact) mass is 670 g/mol. The van der Waals surface area contributed by atoms with Crippen molar-refractivity contribution in [1.29, 1.82) is 0 Å². The predicted octanol–water partition coefficient (Wildman–Crippen LogP) is 4.72. The van der Waals surface area contributed by atoms with Crippen LogP contribution >= 0.6 is 0 Å². The molecule has 0 aromatic heterocycles. The fraction of sp³-hybridized carbons (Fsp3) is 0. The molecule has 0 atom stereocenters. The maximum atomic E-state index is 13.0. The number of carboxylic acid groups (broad SMARTS) is 1. The van der Waals surface area contributed by atoms with Crippen molar-refractivity contribution in [2.24, 2.45) is 0 Å². The summed E-state index contributed by atoms with van der Waals surface area (Å²) < 4.78 is 51.5. The summed E-state index contributed by atoms with van der Waals surface area (Å²) in [5, 5.41) is 14.9. The molecule has 0 radical (unpaired) electrons. The highest BCUT2D eigenvalue weighted by atomic mass is 32.2. The molecule has 5 aromatic rings. The smallest absolute Gasteiger partial charge is 0.336 e. The third-order valence-electron chi connectivity index (χ3n) is 6.98. The molecular weight excluding hydrogens is 645 g/mol. The summed E-state index contributed by atoms with van der Waals surface area (Å²) in [7, 11) is -7.67. The number of hydrogen-bond donors (Lipinski definition) is 5. The Bertz CT molecular complexity index is 2220. The van der Waals surface area contributed by atoms with E-state index in [9.17, 15) is 36.3 Å². The highest BCUT2D eigenvalue weighted by Crippen LogP contribution is 2.25. The van der Waals surface area contributed by atoms with Crippen LogP contribution in [0.2, 0.25) is 0 Å². The van der Waals surface area contributed by atoms with Crippen LogP contribution in [0.4, 0.5) is 22.7 Å². The number of anilines is 4. The van der Waals surface area contributed by atoms with Crippen molar-refractivity contribution < 1.29 is 36.3 Å². The van der Waals surface area contributed by atoms with Gasteiger partial charge in [0.25, 0.3) is 11.8 Å². The Morgan fingerprint density at radius 2 is 0.851 bits per heavy atom. The van der Waals surface area contributed by atoms with Crippen LogP contribution < -0.4 is 22.1 Å². The van der Waals surface area contributed by atoms with E-state index >= 15 is 0 Å². The number of amides is 2. The number of nitrogens with two attached hydrogens (primary N) is 2. The molecule has 0 fully saturated rings. The van der Waals surface area contributed by atoms with E-state index in [0.29, 0.717) is 11.4 Å². The molecule has 0 aliphatic rings. The van der Waals surface area contributed by atoms with E-state index in [1.807, 2.05) is 0 Å². The number of rotatable bonds is 9. The number of hydrogen-bond acceptors (Lipinski definition) is 9. The topological polar surface area (TPSA) is 216 Å². The second-order valence-corrected chi connectivity index (χ2v) is 14.1. The Morgan fingerprint density at radius 1 is 0.489 bits per heavy atom. The van der Waals surface area contributed by atoms with Gasteiger partial charge in [-0.05, 0) is 115 Å². The van der Waals surface area contributed by atoms with Crippen LogP contribution in [0.15, 0.2) is 135 Å². The second kappa shape index (κ2) is 12.8. The number of aromatic carboxylic acids is 1. The molecule has 0 saturated carbocycles. The number of nitrogens with one attached hydrogen (secondary N) is 2. The molecule has 12 nitrogen and oxygen atoms in total. The highest BCUT2D eigenvalue weighted by Gasteiger charge is 2.22. The SMILES string of the molecule is Nc1ccc(S(=O)(=O)c2ccc(NC(=O)c3ccc(C(=O)Nc4ccc(S(=O)(=O)c5ccc(N)cc5)cc4)c(C(=O)O)c3)cc2)cc1. The Morgan fingerprint density at radius 3 is 1.23 bits per heavy atom. The van der Waals surface area contributed by atoms with E-state index in [1.165, 1.54) is 109 Å². The quantitative estimate of drug-likeness (QED) is 0.136. The molecule has 0 bridgehead atoms. The summed E-state index contributed by atoms with van der Waals surface area (Å²) in [5.74, 6) is -2.97. The minimum absolute atomic E-state index is 0.0122. The molecule has 0 unspecified atom stereocenters. The maximum Gasteiger partial charge on any atom is 0.336 e. The van der Waals surface area contributed by atoms with E-state index in [-0.39, 0.29) is 42.1 Å². The summed E-state index contributed by atoms with van der Waals surface area (Å²) in [5.41, 5.74) is 11.8. The molecule has 0 aliphatic carbocycles. The second-order valence-electron chi connectivity index (χ2n) is 10.2. The van der Waals surface area contributed by atoms with Crippen LogP contribution in [0.5, 0.6) is 0 Å². The minimum Gasteiger partial charge on any atom is -0.478 e. The fourth-order valence-electron chi connectivity index (χ4n) is 4.46. The summed E-state index contributed by atoms with van der Waals surface area (Å²) in [4.78, 5) is 38.0. The van der Waals surface area contributed by atoms with Crippen LogP contribution in [0, 0.1) is 0 Å². The van der Waals surface area contributed by atoms with Gasteiger partial charge in [-0.3, -0.25) is 9.59 Å². The number of sulfone groups is 2. The first-order chi connectivity index (χ1) is 22.3. The molecule has 14 heteroatoms. The van der Waals surface area contributed by atoms with Crippen molar-refractivity contribution in [1.82, 2.24) is 0 Å². The standard InChI is InChI=1S/C33H26N4O8S2/c34-21-2-10-25(11-3-21)46(42,43)27-14-6-23(7-15-27)36-31(38)20-1-18-29(30(19-20)33(40)41)32(39)37-24-8-16-28(17-9-24)47(44,45)26-12-4-22(35)5-13-26/h1-19H,34-35H2,(H,36,38)(H,37,39)(H,40,41). The van der Waals surface area contributed by atoms with Gasteiger partial charge in [-0.1, -0.05) is 0 Å². The first-order valence-electron chi connectivity index (χ1n) is 13.7. The molecule has 238 valence electrons. The molecule has 47 heavy (non-hydrogen) atoms. The van der Waals surface area contributed by atoms with Gasteiger partial charge in [-0.25, -0.2) is 21.6 Å². The fourth-order valence-corrected chi connectivity index (χ4v) is 6.98. The zero-order valence-electron chi connectivity index (χ0n) is 24.2. The molecular formula is C33H26N4O8S2. The Balaban J connectivity index is 1.29. The van der Waals surface area contributed by atoms with Gasteiger partial charge >= 0.3 is 5.97 Å². The summed E-state index contributed by atoms with van der Waals surface area (Å²) in [6, 6.07) is 25.6.